The van der Waals surface area contributed by atoms with E-state index >= 15 is 0 Å². The largest absolute Gasteiger partial charge is 0.350 e. The maximum atomic E-state index is 12.0. The lowest BCUT2D eigenvalue weighted by atomic mass is 10.5. The van der Waals surface area contributed by atoms with Gasteiger partial charge in [-0.15, -0.1) is 5.10 Å². The predicted molar refractivity (Wildman–Crippen MR) is 59.6 cm³/mol. The first kappa shape index (κ1) is 9.76. The average molecular weight is 230 g/mol. The molecule has 3 heterocycles. The maximum absolute atomic E-state index is 12.0. The number of fused-ring (bicyclic) bond motifs is 1. The fourth-order valence-corrected chi connectivity index (χ4v) is 1.67. The molecular weight excluding hydrogens is 220 g/mol. The molecule has 0 saturated carbocycles. The summed E-state index contributed by atoms with van der Waals surface area (Å²) in [4.78, 5) is 16.0. The van der Waals surface area contributed by atoms with E-state index in [4.69, 9.17) is 0 Å². The van der Waals surface area contributed by atoms with E-state index in [-0.39, 0.29) is 5.69 Å². The lowest BCUT2D eigenvalue weighted by Crippen LogP contribution is -2.23. The van der Waals surface area contributed by atoms with Crippen molar-refractivity contribution >= 4 is 5.65 Å². The zero-order chi connectivity index (χ0) is 11.8. The van der Waals surface area contributed by atoms with Gasteiger partial charge in [0.15, 0.2) is 5.65 Å². The van der Waals surface area contributed by atoms with Crippen LogP contribution in [0.1, 0.15) is 5.82 Å². The van der Waals surface area contributed by atoms with E-state index in [9.17, 15) is 4.79 Å². The molecule has 0 aromatic carbocycles. The molecule has 0 saturated heterocycles. The molecule has 7 heteroatoms. The molecule has 0 amide bonds. The Morgan fingerprint density at radius 3 is 2.94 bits per heavy atom. The van der Waals surface area contributed by atoms with Crippen LogP contribution < -0.4 is 5.69 Å². The Morgan fingerprint density at radius 2 is 2.24 bits per heavy atom. The molecule has 0 aliphatic heterocycles. The molecule has 3 rings (SSSR count). The Hall–Kier alpha value is -2.44. The van der Waals surface area contributed by atoms with Crippen molar-refractivity contribution in [3.63, 3.8) is 0 Å². The molecule has 7 nitrogen and oxygen atoms in total. The topological polar surface area (TPSA) is 70.0 Å². The van der Waals surface area contributed by atoms with Crippen LogP contribution in [0.2, 0.25) is 0 Å². The van der Waals surface area contributed by atoms with E-state index < -0.39 is 0 Å². The highest BCUT2D eigenvalue weighted by Crippen LogP contribution is 1.97. The van der Waals surface area contributed by atoms with Crippen molar-refractivity contribution in [2.24, 2.45) is 7.05 Å². The van der Waals surface area contributed by atoms with Crippen LogP contribution in [0.25, 0.3) is 5.65 Å². The molecule has 17 heavy (non-hydrogen) atoms. The lowest BCUT2D eigenvalue weighted by Gasteiger charge is -1.97. The first-order valence-corrected chi connectivity index (χ1v) is 5.13. The SMILES string of the molecule is Cn1ncnc1Cn1nc2ccccn2c1=O. The standard InChI is InChI=1S/C10H10N6O/c1-14-9(11-7-12-14)6-16-10(17)15-5-3-2-4-8(15)13-16/h2-5,7H,6H2,1H3. The number of aryl methyl sites for hydroxylation is 1. The van der Waals surface area contributed by atoms with E-state index in [2.05, 4.69) is 15.2 Å². The lowest BCUT2D eigenvalue weighted by molar-refractivity contribution is 0.592. The Balaban J connectivity index is 2.10. The minimum Gasteiger partial charge on any atom is -0.251 e. The van der Waals surface area contributed by atoms with Crippen molar-refractivity contribution < 1.29 is 0 Å². The Morgan fingerprint density at radius 1 is 1.35 bits per heavy atom. The number of nitrogens with zero attached hydrogens (tertiary/aromatic N) is 6. The molecule has 0 N–H and O–H groups in total. The van der Waals surface area contributed by atoms with Gasteiger partial charge in [0.2, 0.25) is 0 Å². The van der Waals surface area contributed by atoms with Crippen LogP contribution in [0.4, 0.5) is 0 Å². The highest BCUT2D eigenvalue weighted by Gasteiger charge is 2.08. The Bertz CT molecular complexity index is 722. The van der Waals surface area contributed by atoms with E-state index in [1.165, 1.54) is 15.4 Å². The molecule has 3 aromatic heterocycles. The zero-order valence-electron chi connectivity index (χ0n) is 9.19. The van der Waals surface area contributed by atoms with Crippen LogP contribution in [-0.4, -0.2) is 28.9 Å². The normalized spacial score (nSPS) is 11.1. The summed E-state index contributed by atoms with van der Waals surface area (Å²) in [6.45, 7) is 0.316. The summed E-state index contributed by atoms with van der Waals surface area (Å²) in [5.41, 5.74) is 0.447. The average Bonchev–Trinajstić information content (AvgIpc) is 2.87. The summed E-state index contributed by atoms with van der Waals surface area (Å²) < 4.78 is 4.49. The predicted octanol–water partition coefficient (Wildman–Crippen LogP) is -0.327. The number of rotatable bonds is 2. The second-order valence-corrected chi connectivity index (χ2v) is 3.67. The highest BCUT2D eigenvalue weighted by atomic mass is 16.2. The van der Waals surface area contributed by atoms with Gasteiger partial charge < -0.3 is 0 Å². The van der Waals surface area contributed by atoms with Crippen LogP contribution in [0.5, 0.6) is 0 Å². The van der Waals surface area contributed by atoms with Crippen molar-refractivity contribution in [3.05, 3.63) is 47.0 Å². The van der Waals surface area contributed by atoms with Gasteiger partial charge >= 0.3 is 5.69 Å². The van der Waals surface area contributed by atoms with E-state index in [1.807, 2.05) is 6.07 Å². The van der Waals surface area contributed by atoms with Crippen molar-refractivity contribution in [1.82, 2.24) is 28.9 Å². The third kappa shape index (κ3) is 1.52. The van der Waals surface area contributed by atoms with Crippen LogP contribution >= 0.6 is 0 Å². The van der Waals surface area contributed by atoms with Crippen molar-refractivity contribution in [2.45, 2.75) is 6.54 Å². The van der Waals surface area contributed by atoms with Gasteiger partial charge in [-0.25, -0.2) is 14.5 Å². The van der Waals surface area contributed by atoms with Gasteiger partial charge in [0.25, 0.3) is 0 Å². The van der Waals surface area contributed by atoms with Crippen molar-refractivity contribution in [1.29, 1.82) is 0 Å². The smallest absolute Gasteiger partial charge is 0.251 e. The molecule has 0 radical (unpaired) electrons. The monoisotopic (exact) mass is 230 g/mol. The molecule has 0 atom stereocenters. The first-order chi connectivity index (χ1) is 8.25. The van der Waals surface area contributed by atoms with Crippen LogP contribution in [-0.2, 0) is 13.6 Å². The fraction of sp³-hybridized carbons (Fsp3) is 0.200. The van der Waals surface area contributed by atoms with Crippen LogP contribution in [0.3, 0.4) is 0 Å². The number of aromatic nitrogens is 6. The van der Waals surface area contributed by atoms with Crippen LogP contribution in [0, 0.1) is 0 Å². The van der Waals surface area contributed by atoms with Gasteiger partial charge in [0, 0.05) is 13.2 Å². The number of pyridine rings is 1. The summed E-state index contributed by atoms with van der Waals surface area (Å²) in [6, 6.07) is 5.42. The molecule has 0 bridgehead atoms. The summed E-state index contributed by atoms with van der Waals surface area (Å²) in [6.07, 6.45) is 3.15. The quantitative estimate of drug-likeness (QED) is 0.604. The Kier molecular flexibility index (Phi) is 2.04. The third-order valence-corrected chi connectivity index (χ3v) is 2.58. The molecule has 0 spiro atoms. The van der Waals surface area contributed by atoms with Crippen molar-refractivity contribution in [2.75, 3.05) is 0 Å². The van der Waals surface area contributed by atoms with Gasteiger partial charge in [-0.1, -0.05) is 6.07 Å². The van der Waals surface area contributed by atoms with E-state index in [1.54, 1.807) is 30.1 Å². The molecule has 3 aromatic rings. The third-order valence-electron chi connectivity index (χ3n) is 2.58. The molecule has 0 aliphatic carbocycles. The van der Waals surface area contributed by atoms with E-state index in [0.29, 0.717) is 18.0 Å². The van der Waals surface area contributed by atoms with Crippen LogP contribution in [0.15, 0.2) is 35.5 Å². The molecular formula is C10H10N6O. The van der Waals surface area contributed by atoms with Gasteiger partial charge in [0.05, 0.1) is 0 Å². The minimum absolute atomic E-state index is 0.177. The molecule has 86 valence electrons. The second-order valence-electron chi connectivity index (χ2n) is 3.67. The number of hydrogen-bond donors (Lipinski definition) is 0. The van der Waals surface area contributed by atoms with Gasteiger partial charge in [-0.3, -0.25) is 9.08 Å². The summed E-state index contributed by atoms with van der Waals surface area (Å²) in [5, 5.41) is 8.17. The van der Waals surface area contributed by atoms with E-state index in [0.717, 1.165) is 0 Å². The van der Waals surface area contributed by atoms with Gasteiger partial charge in [-0.05, 0) is 12.1 Å². The molecule has 0 aliphatic rings. The Labute approximate surface area is 95.9 Å². The second kappa shape index (κ2) is 3.55. The highest BCUT2D eigenvalue weighted by molar-refractivity contribution is 5.35. The minimum atomic E-state index is -0.177. The molecule has 0 fully saturated rings. The summed E-state index contributed by atoms with van der Waals surface area (Å²) >= 11 is 0. The summed E-state index contributed by atoms with van der Waals surface area (Å²) in [7, 11) is 1.78. The molecule has 0 unspecified atom stereocenters. The number of hydrogen-bond acceptors (Lipinski definition) is 4. The van der Waals surface area contributed by atoms with Crippen molar-refractivity contribution in [3.8, 4) is 0 Å². The summed E-state index contributed by atoms with van der Waals surface area (Å²) in [5.74, 6) is 0.690. The van der Waals surface area contributed by atoms with Gasteiger partial charge in [-0.2, -0.15) is 5.10 Å². The van der Waals surface area contributed by atoms with Gasteiger partial charge in [0.1, 0.15) is 18.7 Å². The first-order valence-electron chi connectivity index (χ1n) is 5.13. The zero-order valence-corrected chi connectivity index (χ0v) is 9.19. The maximum Gasteiger partial charge on any atom is 0.350 e. The fourth-order valence-electron chi connectivity index (χ4n) is 1.67.